The van der Waals surface area contributed by atoms with Crippen LogP contribution in [0.1, 0.15) is 83.6 Å². The lowest BCUT2D eigenvalue weighted by molar-refractivity contribution is -0.121. The molecule has 1 aromatic rings. The minimum absolute atomic E-state index is 0.0298. The SMILES string of the molecule is CCCCCCCCCCCC(=O)N/N=C(\C)c1ccc(OC)c(OC)c1. The summed E-state index contributed by atoms with van der Waals surface area (Å²) in [6, 6.07) is 5.58. The van der Waals surface area contributed by atoms with Crippen molar-refractivity contribution in [3.8, 4) is 11.5 Å². The normalized spacial score (nSPS) is 11.3. The highest BCUT2D eigenvalue weighted by molar-refractivity contribution is 5.99. The van der Waals surface area contributed by atoms with Gasteiger partial charge in [-0.05, 0) is 31.5 Å². The minimum Gasteiger partial charge on any atom is -0.493 e. The molecule has 5 heteroatoms. The van der Waals surface area contributed by atoms with E-state index >= 15 is 0 Å². The fourth-order valence-corrected chi connectivity index (χ4v) is 2.92. The van der Waals surface area contributed by atoms with Crippen LogP contribution in [0.3, 0.4) is 0 Å². The topological polar surface area (TPSA) is 59.9 Å². The second-order valence-electron chi connectivity index (χ2n) is 6.88. The van der Waals surface area contributed by atoms with Gasteiger partial charge in [-0.3, -0.25) is 4.79 Å². The molecule has 0 atom stereocenters. The van der Waals surface area contributed by atoms with Crippen molar-refractivity contribution >= 4 is 11.6 Å². The minimum atomic E-state index is -0.0298. The highest BCUT2D eigenvalue weighted by Crippen LogP contribution is 2.27. The first-order valence-corrected chi connectivity index (χ1v) is 10.2. The molecule has 1 amide bonds. The summed E-state index contributed by atoms with van der Waals surface area (Å²) in [4.78, 5) is 11.9. The molecule has 0 aliphatic carbocycles. The molecular weight excluding hydrogens is 340 g/mol. The van der Waals surface area contributed by atoms with E-state index in [9.17, 15) is 4.79 Å². The van der Waals surface area contributed by atoms with Crippen molar-refractivity contribution in [3.63, 3.8) is 0 Å². The number of nitrogens with one attached hydrogen (secondary N) is 1. The predicted octanol–water partition coefficient (Wildman–Crippen LogP) is 5.46. The smallest absolute Gasteiger partial charge is 0.240 e. The summed E-state index contributed by atoms with van der Waals surface area (Å²) < 4.78 is 10.5. The number of ether oxygens (including phenoxy) is 2. The molecule has 0 aliphatic rings. The van der Waals surface area contributed by atoms with Crippen LogP contribution in [0, 0.1) is 0 Å². The van der Waals surface area contributed by atoms with Gasteiger partial charge in [0.2, 0.25) is 5.91 Å². The van der Waals surface area contributed by atoms with Gasteiger partial charge >= 0.3 is 0 Å². The van der Waals surface area contributed by atoms with E-state index < -0.39 is 0 Å². The van der Waals surface area contributed by atoms with Crippen molar-refractivity contribution in [2.45, 2.75) is 78.1 Å². The van der Waals surface area contributed by atoms with E-state index in [4.69, 9.17) is 9.47 Å². The molecule has 1 aromatic carbocycles. The van der Waals surface area contributed by atoms with Crippen LogP contribution >= 0.6 is 0 Å². The Hall–Kier alpha value is -2.04. The number of carbonyl (C=O) groups excluding carboxylic acids is 1. The lowest BCUT2D eigenvalue weighted by Gasteiger charge is -2.09. The molecule has 0 radical (unpaired) electrons. The quantitative estimate of drug-likeness (QED) is 0.266. The van der Waals surface area contributed by atoms with E-state index in [-0.39, 0.29) is 5.91 Å². The zero-order chi connectivity index (χ0) is 19.9. The van der Waals surface area contributed by atoms with Crippen molar-refractivity contribution in [2.75, 3.05) is 14.2 Å². The van der Waals surface area contributed by atoms with E-state index in [0.717, 1.165) is 24.1 Å². The third kappa shape index (κ3) is 9.45. The Kier molecular flexibility index (Phi) is 12.0. The van der Waals surface area contributed by atoms with Crippen LogP contribution in [0.15, 0.2) is 23.3 Å². The molecule has 5 nitrogen and oxygen atoms in total. The van der Waals surface area contributed by atoms with Crippen LogP contribution in [-0.4, -0.2) is 25.8 Å². The number of nitrogens with zero attached hydrogens (tertiary/aromatic N) is 1. The molecule has 1 rings (SSSR count). The van der Waals surface area contributed by atoms with Crippen molar-refractivity contribution in [1.82, 2.24) is 5.43 Å². The summed E-state index contributed by atoms with van der Waals surface area (Å²) >= 11 is 0. The third-order valence-electron chi connectivity index (χ3n) is 4.66. The molecule has 0 aliphatic heterocycles. The molecule has 0 aromatic heterocycles. The molecule has 0 fully saturated rings. The van der Waals surface area contributed by atoms with Gasteiger partial charge in [-0.15, -0.1) is 0 Å². The molecule has 0 bridgehead atoms. The Morgan fingerprint density at radius 3 is 2.11 bits per heavy atom. The first-order chi connectivity index (χ1) is 13.1. The van der Waals surface area contributed by atoms with Crippen LogP contribution in [-0.2, 0) is 4.79 Å². The fourth-order valence-electron chi connectivity index (χ4n) is 2.92. The molecule has 0 unspecified atom stereocenters. The van der Waals surface area contributed by atoms with Crippen LogP contribution in [0.25, 0.3) is 0 Å². The number of amides is 1. The first kappa shape index (κ1) is 23.0. The van der Waals surface area contributed by atoms with Crippen molar-refractivity contribution in [1.29, 1.82) is 0 Å². The zero-order valence-corrected chi connectivity index (χ0v) is 17.5. The van der Waals surface area contributed by atoms with E-state index in [1.807, 2.05) is 25.1 Å². The second-order valence-corrected chi connectivity index (χ2v) is 6.88. The Morgan fingerprint density at radius 1 is 0.926 bits per heavy atom. The van der Waals surface area contributed by atoms with Crippen LogP contribution in [0.4, 0.5) is 0 Å². The maximum atomic E-state index is 11.9. The highest BCUT2D eigenvalue weighted by Gasteiger charge is 2.07. The molecule has 1 N–H and O–H groups in total. The molecular formula is C22H36N2O3. The molecule has 0 saturated carbocycles. The summed E-state index contributed by atoms with van der Waals surface area (Å²) in [7, 11) is 3.20. The largest absolute Gasteiger partial charge is 0.493 e. The van der Waals surface area contributed by atoms with Gasteiger partial charge in [-0.1, -0.05) is 58.3 Å². The Bertz CT molecular complexity index is 585. The lowest BCUT2D eigenvalue weighted by Crippen LogP contribution is -2.18. The number of unbranched alkanes of at least 4 members (excludes halogenated alkanes) is 8. The number of hydrogen-bond donors (Lipinski definition) is 1. The number of hydrogen-bond acceptors (Lipinski definition) is 4. The van der Waals surface area contributed by atoms with Crippen LogP contribution in [0.2, 0.25) is 0 Å². The average Bonchev–Trinajstić information content (AvgIpc) is 2.70. The van der Waals surface area contributed by atoms with Crippen molar-refractivity contribution in [3.05, 3.63) is 23.8 Å². The lowest BCUT2D eigenvalue weighted by atomic mass is 10.1. The van der Waals surface area contributed by atoms with Gasteiger partial charge in [0.25, 0.3) is 0 Å². The maximum Gasteiger partial charge on any atom is 0.240 e. The van der Waals surface area contributed by atoms with Gasteiger partial charge in [-0.25, -0.2) is 5.43 Å². The zero-order valence-electron chi connectivity index (χ0n) is 17.5. The molecule has 0 saturated heterocycles. The van der Waals surface area contributed by atoms with Crippen molar-refractivity contribution < 1.29 is 14.3 Å². The van der Waals surface area contributed by atoms with E-state index in [1.54, 1.807) is 14.2 Å². The molecule has 0 heterocycles. The average molecular weight is 377 g/mol. The number of hydrazone groups is 1. The summed E-state index contributed by atoms with van der Waals surface area (Å²) in [6.45, 7) is 4.10. The van der Waals surface area contributed by atoms with Gasteiger partial charge in [0.1, 0.15) is 0 Å². The Morgan fingerprint density at radius 2 is 1.52 bits per heavy atom. The van der Waals surface area contributed by atoms with E-state index in [1.165, 1.54) is 44.9 Å². The van der Waals surface area contributed by atoms with Crippen LogP contribution in [0.5, 0.6) is 11.5 Å². The number of rotatable bonds is 14. The number of benzene rings is 1. The second kappa shape index (κ2) is 14.1. The summed E-state index contributed by atoms with van der Waals surface area (Å²) in [5.41, 5.74) is 4.27. The van der Waals surface area contributed by atoms with E-state index in [2.05, 4.69) is 17.5 Å². The first-order valence-electron chi connectivity index (χ1n) is 10.2. The molecule has 0 spiro atoms. The fraction of sp³-hybridized carbons (Fsp3) is 0.636. The Labute approximate surface area is 164 Å². The van der Waals surface area contributed by atoms with Gasteiger partial charge < -0.3 is 9.47 Å². The van der Waals surface area contributed by atoms with Gasteiger partial charge in [-0.2, -0.15) is 5.10 Å². The van der Waals surface area contributed by atoms with Crippen molar-refractivity contribution in [2.24, 2.45) is 5.10 Å². The Balaban J connectivity index is 2.26. The van der Waals surface area contributed by atoms with Crippen LogP contribution < -0.4 is 14.9 Å². The van der Waals surface area contributed by atoms with E-state index in [0.29, 0.717) is 17.9 Å². The monoisotopic (exact) mass is 376 g/mol. The summed E-state index contributed by atoms with van der Waals surface area (Å²) in [5.74, 6) is 1.28. The van der Waals surface area contributed by atoms with Gasteiger partial charge in [0, 0.05) is 12.0 Å². The highest BCUT2D eigenvalue weighted by atomic mass is 16.5. The third-order valence-corrected chi connectivity index (χ3v) is 4.66. The number of methoxy groups -OCH3 is 2. The number of carbonyl (C=O) groups is 1. The predicted molar refractivity (Wildman–Crippen MR) is 112 cm³/mol. The maximum absolute atomic E-state index is 11.9. The standard InChI is InChI=1S/C22H36N2O3/c1-5-6-7-8-9-10-11-12-13-14-22(25)24-23-18(2)19-15-16-20(26-3)21(17-19)27-4/h15-17H,5-14H2,1-4H3,(H,24,25)/b23-18+. The van der Waals surface area contributed by atoms with Gasteiger partial charge in [0.15, 0.2) is 11.5 Å². The summed E-state index contributed by atoms with van der Waals surface area (Å²) in [5, 5.41) is 4.20. The van der Waals surface area contributed by atoms with Gasteiger partial charge in [0.05, 0.1) is 19.9 Å². The molecule has 152 valence electrons. The molecule has 27 heavy (non-hydrogen) atoms. The summed E-state index contributed by atoms with van der Waals surface area (Å²) in [6.07, 6.45) is 11.7.